The van der Waals surface area contributed by atoms with Crippen molar-refractivity contribution in [1.82, 2.24) is 5.32 Å². The fourth-order valence-corrected chi connectivity index (χ4v) is 3.25. The van der Waals surface area contributed by atoms with Crippen LogP contribution in [-0.2, 0) is 29.6 Å². The second kappa shape index (κ2) is 8.79. The van der Waals surface area contributed by atoms with Crippen LogP contribution in [0.15, 0.2) is 0 Å². The van der Waals surface area contributed by atoms with Crippen LogP contribution < -0.4 is 5.32 Å². The van der Waals surface area contributed by atoms with Crippen molar-refractivity contribution in [2.24, 2.45) is 0 Å². The molecule has 0 aromatic rings. The van der Waals surface area contributed by atoms with Crippen molar-refractivity contribution in [3.05, 3.63) is 0 Å². The van der Waals surface area contributed by atoms with Gasteiger partial charge in [0.15, 0.2) is 20.1 Å². The summed E-state index contributed by atoms with van der Waals surface area (Å²) in [6, 6.07) is -1.49. The highest BCUT2D eigenvalue weighted by Gasteiger charge is 2.38. The lowest BCUT2D eigenvalue weighted by molar-refractivity contribution is -0.149. The summed E-state index contributed by atoms with van der Waals surface area (Å²) in [4.78, 5) is 22.6. The van der Waals surface area contributed by atoms with Gasteiger partial charge in [0.25, 0.3) is 5.91 Å². The van der Waals surface area contributed by atoms with Gasteiger partial charge in [-0.1, -0.05) is 0 Å². The summed E-state index contributed by atoms with van der Waals surface area (Å²) in [6.45, 7) is 0.0868. The first kappa shape index (κ1) is 22.1. The van der Waals surface area contributed by atoms with E-state index in [4.69, 9.17) is 19.9 Å². The molecule has 0 radical (unpaired) electrons. The molecule has 13 heteroatoms. The molecule has 0 rings (SSSR count). The van der Waals surface area contributed by atoms with Gasteiger partial charge in [0.05, 0.1) is 12.6 Å². The maximum Gasteiger partial charge on any atom is 0.324 e. The van der Waals surface area contributed by atoms with Crippen LogP contribution in [0.2, 0.25) is 0 Å². The standard InChI is InChI=1S/C10H19NO10S2/c1-3(8(10(18)19)23(20,21)22)11-9(17)7(16)6(15)5(14)4(13)2-12/h3-8,12-16H,2H2,1H3,(H,11,17)(H,18,19)(H,20,21,22)/t3?,4-,5-,6+,7-,8?/m1/s1. The van der Waals surface area contributed by atoms with Crippen molar-refractivity contribution >= 4 is 31.8 Å². The molecule has 7 atom stereocenters. The first-order valence-electron chi connectivity index (χ1n) is 6.17. The van der Waals surface area contributed by atoms with Gasteiger partial charge in [-0.2, -0.15) is 0 Å². The van der Waals surface area contributed by atoms with E-state index in [1.54, 1.807) is 0 Å². The first-order chi connectivity index (χ1) is 10.3. The Morgan fingerprint density at radius 3 is 2.00 bits per heavy atom. The third kappa shape index (κ3) is 6.23. The number of aliphatic hydroxyl groups is 5. The lowest BCUT2D eigenvalue weighted by atomic mass is 10.0. The van der Waals surface area contributed by atoms with E-state index in [-0.39, 0.29) is 0 Å². The van der Waals surface area contributed by atoms with Gasteiger partial charge >= 0.3 is 5.97 Å². The average Bonchev–Trinajstić information content (AvgIpc) is 2.41. The fraction of sp³-hybridized carbons (Fsp3) is 0.800. The van der Waals surface area contributed by atoms with Gasteiger partial charge < -0.3 is 40.5 Å². The summed E-state index contributed by atoms with van der Waals surface area (Å²) in [7, 11) is -4.24. The lowest BCUT2D eigenvalue weighted by Crippen LogP contribution is -2.56. The maximum atomic E-state index is 11.7. The van der Waals surface area contributed by atoms with Gasteiger partial charge in [0, 0.05) is 11.2 Å². The quantitative estimate of drug-likeness (QED) is 0.192. The monoisotopic (exact) mass is 377 g/mol. The molecule has 23 heavy (non-hydrogen) atoms. The summed E-state index contributed by atoms with van der Waals surface area (Å²) >= 11 is 4.16. The van der Waals surface area contributed by atoms with Gasteiger partial charge in [-0.05, 0) is 6.92 Å². The van der Waals surface area contributed by atoms with Crippen molar-refractivity contribution < 1.29 is 49.0 Å². The smallest absolute Gasteiger partial charge is 0.324 e. The normalized spacial score (nSPS) is 22.0. The molecular weight excluding hydrogens is 358 g/mol. The number of amides is 1. The molecule has 0 saturated heterocycles. The summed E-state index contributed by atoms with van der Waals surface area (Å²) in [6.07, 6.45) is -8.40. The zero-order chi connectivity index (χ0) is 18.5. The van der Waals surface area contributed by atoms with Crippen molar-refractivity contribution in [3.8, 4) is 0 Å². The number of aliphatic carboxylic acids is 1. The number of aliphatic hydroxyl groups excluding tert-OH is 5. The highest BCUT2D eigenvalue weighted by atomic mass is 32.8. The molecule has 0 heterocycles. The number of nitrogens with one attached hydrogen (secondary N) is 1. The predicted molar refractivity (Wildman–Crippen MR) is 78.3 cm³/mol. The number of carboxylic acid groups (broad SMARTS) is 1. The average molecular weight is 377 g/mol. The summed E-state index contributed by atoms with van der Waals surface area (Å²) in [5.41, 5.74) is 0. The molecule has 136 valence electrons. The molecule has 0 aromatic heterocycles. The predicted octanol–water partition coefficient (Wildman–Crippen LogP) is -4.40. The van der Waals surface area contributed by atoms with E-state index < -0.39 is 63.0 Å². The van der Waals surface area contributed by atoms with Gasteiger partial charge in [-0.15, -0.1) is 0 Å². The zero-order valence-electron chi connectivity index (χ0n) is 11.8. The molecule has 0 aliphatic heterocycles. The third-order valence-electron chi connectivity index (χ3n) is 2.91. The number of carbonyl (C=O) groups excluding carboxylic acids is 1. The largest absolute Gasteiger partial charge is 0.480 e. The molecule has 0 aromatic carbocycles. The minimum absolute atomic E-state index is 0.952. The minimum Gasteiger partial charge on any atom is -0.480 e. The molecule has 8 N–H and O–H groups in total. The van der Waals surface area contributed by atoms with Crippen LogP contribution in [-0.4, -0.2) is 93.6 Å². The number of carbonyl (C=O) groups is 2. The van der Waals surface area contributed by atoms with Crippen LogP contribution in [0.1, 0.15) is 6.92 Å². The fourth-order valence-electron chi connectivity index (χ4n) is 1.66. The summed E-state index contributed by atoms with van der Waals surface area (Å²) < 4.78 is 20.5. The number of hydrogen-bond acceptors (Lipinski definition) is 9. The molecule has 0 saturated carbocycles. The highest BCUT2D eigenvalue weighted by Crippen LogP contribution is 2.09. The van der Waals surface area contributed by atoms with E-state index in [0.29, 0.717) is 0 Å². The second-order valence-corrected chi connectivity index (χ2v) is 7.72. The van der Waals surface area contributed by atoms with E-state index >= 15 is 0 Å². The first-order valence-corrected chi connectivity index (χ1v) is 8.67. The Hall–Kier alpha value is -0.930. The lowest BCUT2D eigenvalue weighted by Gasteiger charge is -2.27. The van der Waals surface area contributed by atoms with Crippen molar-refractivity contribution in [2.45, 2.75) is 42.6 Å². The molecule has 0 aliphatic rings. The molecule has 11 nitrogen and oxygen atoms in total. The Bertz CT molecular complexity index is 524. The van der Waals surface area contributed by atoms with E-state index in [1.807, 2.05) is 5.32 Å². The third-order valence-corrected chi connectivity index (χ3v) is 4.79. The van der Waals surface area contributed by atoms with Crippen LogP contribution in [0.25, 0.3) is 0 Å². The molecule has 0 spiro atoms. The topological polar surface area (TPSA) is 205 Å². The maximum absolute atomic E-state index is 11.7. The summed E-state index contributed by atoms with van der Waals surface area (Å²) in [5.74, 6) is -3.13. The van der Waals surface area contributed by atoms with Gasteiger partial charge in [0.2, 0.25) is 0 Å². The zero-order valence-corrected chi connectivity index (χ0v) is 13.5. The number of rotatable bonds is 9. The van der Waals surface area contributed by atoms with Crippen molar-refractivity contribution in [2.75, 3.05) is 6.61 Å². The van der Waals surface area contributed by atoms with Crippen LogP contribution in [0.3, 0.4) is 0 Å². The molecule has 3 unspecified atom stereocenters. The molecule has 0 aliphatic carbocycles. The SMILES string of the molecule is CC(NC(=O)[C@H](O)[C@@H](O)[C@H](O)[C@H](O)CO)C(C(=O)O)S(=O)(O)=S. The van der Waals surface area contributed by atoms with Crippen LogP contribution in [0.4, 0.5) is 0 Å². The Kier molecular flexibility index (Phi) is 8.44. The van der Waals surface area contributed by atoms with E-state index in [1.165, 1.54) is 0 Å². The Labute approximate surface area is 136 Å². The van der Waals surface area contributed by atoms with Crippen LogP contribution in [0.5, 0.6) is 0 Å². The van der Waals surface area contributed by atoms with Gasteiger partial charge in [-0.3, -0.25) is 9.59 Å². The van der Waals surface area contributed by atoms with Crippen molar-refractivity contribution in [1.29, 1.82) is 0 Å². The van der Waals surface area contributed by atoms with E-state index in [9.17, 15) is 29.1 Å². The second-order valence-electron chi connectivity index (χ2n) is 4.75. The van der Waals surface area contributed by atoms with Gasteiger partial charge in [-0.25, -0.2) is 4.21 Å². The van der Waals surface area contributed by atoms with E-state index in [0.717, 1.165) is 6.92 Å². The summed E-state index contributed by atoms with van der Waals surface area (Å²) in [5, 5.41) is 54.8. The highest BCUT2D eigenvalue weighted by molar-refractivity contribution is 8.30. The number of carboxylic acids is 1. The minimum atomic E-state index is -4.24. The molecule has 0 fully saturated rings. The van der Waals surface area contributed by atoms with Gasteiger partial charge in [0.1, 0.15) is 18.3 Å². The molecular formula is C10H19NO10S2. The molecule has 1 amide bonds. The Morgan fingerprint density at radius 2 is 1.65 bits per heavy atom. The van der Waals surface area contributed by atoms with E-state index in [2.05, 4.69) is 11.2 Å². The Balaban J connectivity index is 5.02. The van der Waals surface area contributed by atoms with Crippen LogP contribution >= 0.6 is 0 Å². The Morgan fingerprint density at radius 1 is 1.17 bits per heavy atom. The van der Waals surface area contributed by atoms with Crippen LogP contribution in [0, 0.1) is 0 Å². The van der Waals surface area contributed by atoms with Crippen molar-refractivity contribution in [3.63, 3.8) is 0 Å². The number of hydrogen-bond donors (Lipinski definition) is 8. The molecule has 0 bridgehead atoms.